The lowest BCUT2D eigenvalue weighted by Crippen LogP contribution is -2.21. The molecule has 190 valence electrons. The van der Waals surface area contributed by atoms with Crippen LogP contribution >= 0.6 is 11.6 Å². The molecule has 0 bridgehead atoms. The summed E-state index contributed by atoms with van der Waals surface area (Å²) in [6.07, 6.45) is -4.88. The number of primary sulfonamides is 1. The minimum Gasteiger partial charge on any atom is -0.483 e. The second kappa shape index (κ2) is 10.2. The second-order valence-electron chi connectivity index (χ2n) is 7.55. The standard InChI is InChI=1S/C23H17ClF4N2O5S/c1-12-6-17(36(29,33)34)3-4-19(12)30-21(31)11-35-20-5-2-15(24)10-18(20)22(32)13-7-14(23(26,27)28)9-16(25)8-13/h2-10H,11H2,1H3,(H,30,31)(H2,29,33,34). The van der Waals surface area contributed by atoms with Gasteiger partial charge in [0.2, 0.25) is 10.0 Å². The first-order valence-electron chi connectivity index (χ1n) is 9.93. The van der Waals surface area contributed by atoms with Gasteiger partial charge in [-0.15, -0.1) is 0 Å². The molecule has 3 rings (SSSR count). The van der Waals surface area contributed by atoms with Crippen LogP contribution in [0, 0.1) is 12.7 Å². The van der Waals surface area contributed by atoms with Crippen LogP contribution in [-0.2, 0) is 21.0 Å². The molecule has 1 amide bonds. The molecule has 0 aliphatic heterocycles. The molecule has 0 saturated heterocycles. The maximum absolute atomic E-state index is 13.8. The van der Waals surface area contributed by atoms with Crippen LogP contribution in [-0.4, -0.2) is 26.7 Å². The molecule has 3 N–H and O–H groups in total. The predicted octanol–water partition coefficient (Wildman–Crippen LogP) is 4.70. The number of nitrogens with one attached hydrogen (secondary N) is 1. The van der Waals surface area contributed by atoms with Crippen LogP contribution in [0.5, 0.6) is 5.75 Å². The molecule has 0 spiro atoms. The Kier molecular flexibility index (Phi) is 7.72. The molecular weight excluding hydrogens is 528 g/mol. The first kappa shape index (κ1) is 27.1. The van der Waals surface area contributed by atoms with Gasteiger partial charge in [0, 0.05) is 16.3 Å². The maximum atomic E-state index is 13.8. The number of hydrogen-bond donors (Lipinski definition) is 2. The van der Waals surface area contributed by atoms with Crippen molar-refractivity contribution < 1.29 is 40.3 Å². The average molecular weight is 545 g/mol. The van der Waals surface area contributed by atoms with E-state index in [0.29, 0.717) is 17.7 Å². The fourth-order valence-corrected chi connectivity index (χ4v) is 3.90. The van der Waals surface area contributed by atoms with E-state index in [0.717, 1.165) is 6.07 Å². The summed E-state index contributed by atoms with van der Waals surface area (Å²) in [6.45, 7) is 0.907. The quantitative estimate of drug-likeness (QED) is 0.330. The number of nitrogens with two attached hydrogens (primary N) is 1. The van der Waals surface area contributed by atoms with Gasteiger partial charge in [0.15, 0.2) is 12.4 Å². The van der Waals surface area contributed by atoms with E-state index in [2.05, 4.69) is 5.32 Å². The van der Waals surface area contributed by atoms with Crippen molar-refractivity contribution in [1.29, 1.82) is 0 Å². The van der Waals surface area contributed by atoms with Crippen molar-refractivity contribution in [2.45, 2.75) is 18.0 Å². The summed E-state index contributed by atoms with van der Waals surface area (Å²) in [5.74, 6) is -3.15. The number of sulfonamides is 1. The Morgan fingerprint density at radius 1 is 1.06 bits per heavy atom. The van der Waals surface area contributed by atoms with E-state index >= 15 is 0 Å². The van der Waals surface area contributed by atoms with Crippen molar-refractivity contribution in [3.63, 3.8) is 0 Å². The third-order valence-electron chi connectivity index (χ3n) is 4.83. The lowest BCUT2D eigenvalue weighted by Gasteiger charge is -2.14. The van der Waals surface area contributed by atoms with Gasteiger partial charge in [0.25, 0.3) is 5.91 Å². The van der Waals surface area contributed by atoms with E-state index < -0.39 is 51.4 Å². The number of rotatable bonds is 7. The van der Waals surface area contributed by atoms with Crippen LogP contribution in [0.4, 0.5) is 23.2 Å². The molecule has 7 nitrogen and oxygen atoms in total. The number of benzene rings is 3. The number of ether oxygens (including phenoxy) is 1. The van der Waals surface area contributed by atoms with Gasteiger partial charge < -0.3 is 10.1 Å². The summed E-state index contributed by atoms with van der Waals surface area (Å²) >= 11 is 5.92. The normalized spacial score (nSPS) is 11.8. The molecule has 0 fully saturated rings. The number of carbonyl (C=O) groups is 2. The van der Waals surface area contributed by atoms with E-state index in [1.807, 2.05) is 0 Å². The van der Waals surface area contributed by atoms with Crippen molar-refractivity contribution >= 4 is 39.0 Å². The van der Waals surface area contributed by atoms with Gasteiger partial charge in [-0.3, -0.25) is 9.59 Å². The Morgan fingerprint density at radius 3 is 2.36 bits per heavy atom. The zero-order valence-electron chi connectivity index (χ0n) is 18.3. The number of aryl methyl sites for hydroxylation is 1. The predicted molar refractivity (Wildman–Crippen MR) is 123 cm³/mol. The third-order valence-corrected chi connectivity index (χ3v) is 5.98. The van der Waals surface area contributed by atoms with Crippen molar-refractivity contribution in [2.24, 2.45) is 5.14 Å². The van der Waals surface area contributed by atoms with Gasteiger partial charge in [-0.1, -0.05) is 11.6 Å². The molecule has 0 aliphatic rings. The minimum absolute atomic E-state index is 0.0492. The monoisotopic (exact) mass is 544 g/mol. The van der Waals surface area contributed by atoms with Gasteiger partial charge in [-0.05, 0) is 67.1 Å². The Labute approximate surface area is 207 Å². The SMILES string of the molecule is Cc1cc(S(N)(=O)=O)ccc1NC(=O)COc1ccc(Cl)cc1C(=O)c1cc(F)cc(C(F)(F)F)c1. The molecule has 0 saturated carbocycles. The highest BCUT2D eigenvalue weighted by Gasteiger charge is 2.32. The molecule has 0 radical (unpaired) electrons. The number of halogens is 5. The van der Waals surface area contributed by atoms with E-state index in [1.54, 1.807) is 0 Å². The number of ketones is 1. The Hall–Kier alpha value is -3.48. The number of hydrogen-bond acceptors (Lipinski definition) is 5. The van der Waals surface area contributed by atoms with Gasteiger partial charge >= 0.3 is 6.18 Å². The Balaban J connectivity index is 1.81. The van der Waals surface area contributed by atoms with Crippen LogP contribution in [0.3, 0.4) is 0 Å². The second-order valence-corrected chi connectivity index (χ2v) is 9.55. The molecule has 36 heavy (non-hydrogen) atoms. The highest BCUT2D eigenvalue weighted by Crippen LogP contribution is 2.32. The lowest BCUT2D eigenvalue weighted by molar-refractivity contribution is -0.137. The Morgan fingerprint density at radius 2 is 1.75 bits per heavy atom. The van der Waals surface area contributed by atoms with Gasteiger partial charge in [0.1, 0.15) is 11.6 Å². The highest BCUT2D eigenvalue weighted by atomic mass is 35.5. The fraction of sp³-hybridized carbons (Fsp3) is 0.130. The summed E-state index contributed by atoms with van der Waals surface area (Å²) < 4.78 is 81.2. The third kappa shape index (κ3) is 6.59. The molecule has 0 aliphatic carbocycles. The fourth-order valence-electron chi connectivity index (χ4n) is 3.13. The average Bonchev–Trinajstić information content (AvgIpc) is 2.77. The van der Waals surface area contributed by atoms with E-state index in [9.17, 15) is 35.6 Å². The zero-order chi connectivity index (χ0) is 26.8. The molecule has 0 heterocycles. The molecular formula is C23H17ClF4N2O5S. The van der Waals surface area contributed by atoms with Crippen molar-refractivity contribution in [3.8, 4) is 5.75 Å². The number of alkyl halides is 3. The van der Waals surface area contributed by atoms with Crippen LogP contribution in [0.1, 0.15) is 27.0 Å². The van der Waals surface area contributed by atoms with Gasteiger partial charge in [0.05, 0.1) is 16.0 Å². The van der Waals surface area contributed by atoms with Crippen LogP contribution in [0.25, 0.3) is 0 Å². The molecule has 0 atom stereocenters. The molecule has 3 aromatic rings. The smallest absolute Gasteiger partial charge is 0.416 e. The first-order chi connectivity index (χ1) is 16.6. The van der Waals surface area contributed by atoms with Crippen LogP contribution < -0.4 is 15.2 Å². The molecule has 0 unspecified atom stereocenters. The summed E-state index contributed by atoms with van der Waals surface area (Å²) in [5, 5.41) is 7.62. The summed E-state index contributed by atoms with van der Waals surface area (Å²) in [6, 6.07) is 8.86. The van der Waals surface area contributed by atoms with Crippen LogP contribution in [0.15, 0.2) is 59.5 Å². The summed E-state index contributed by atoms with van der Waals surface area (Å²) in [7, 11) is -3.94. The molecule has 0 aromatic heterocycles. The zero-order valence-corrected chi connectivity index (χ0v) is 19.9. The van der Waals surface area contributed by atoms with Crippen LogP contribution in [0.2, 0.25) is 5.02 Å². The van der Waals surface area contributed by atoms with E-state index in [-0.39, 0.29) is 33.0 Å². The van der Waals surface area contributed by atoms with Gasteiger partial charge in [-0.25, -0.2) is 17.9 Å². The topological polar surface area (TPSA) is 116 Å². The lowest BCUT2D eigenvalue weighted by atomic mass is 10.00. The molecule has 13 heteroatoms. The number of anilines is 1. The van der Waals surface area contributed by atoms with Crippen molar-refractivity contribution in [3.05, 3.63) is 87.7 Å². The van der Waals surface area contributed by atoms with E-state index in [4.69, 9.17) is 21.5 Å². The summed E-state index contributed by atoms with van der Waals surface area (Å²) in [4.78, 5) is 25.1. The number of carbonyl (C=O) groups excluding carboxylic acids is 2. The first-order valence-corrected chi connectivity index (χ1v) is 11.9. The van der Waals surface area contributed by atoms with Crippen molar-refractivity contribution in [2.75, 3.05) is 11.9 Å². The largest absolute Gasteiger partial charge is 0.483 e. The maximum Gasteiger partial charge on any atom is 0.416 e. The highest BCUT2D eigenvalue weighted by molar-refractivity contribution is 7.89. The van der Waals surface area contributed by atoms with Crippen molar-refractivity contribution in [1.82, 2.24) is 0 Å². The number of amides is 1. The Bertz CT molecular complexity index is 1460. The minimum atomic E-state index is -4.88. The van der Waals surface area contributed by atoms with E-state index in [1.165, 1.54) is 37.3 Å². The van der Waals surface area contributed by atoms with Gasteiger partial charge in [-0.2, -0.15) is 13.2 Å². The summed E-state index contributed by atoms with van der Waals surface area (Å²) in [5.41, 5.74) is -1.57. The molecule has 3 aromatic carbocycles.